The van der Waals surface area contributed by atoms with Crippen molar-refractivity contribution >= 4 is 60.9 Å². The molecule has 18 heavy (non-hydrogen) atoms. The van der Waals surface area contributed by atoms with Gasteiger partial charge in [0.05, 0.1) is 19.0 Å². The van der Waals surface area contributed by atoms with E-state index in [4.69, 9.17) is 28.9 Å². The van der Waals surface area contributed by atoms with Crippen molar-refractivity contribution in [2.45, 2.75) is 0 Å². The Morgan fingerprint density at radius 2 is 1.78 bits per heavy atom. The molecule has 96 valence electrons. The van der Waals surface area contributed by atoms with Crippen LogP contribution in [0.2, 0.25) is 10.0 Å². The van der Waals surface area contributed by atoms with E-state index < -0.39 is 0 Å². The minimum atomic E-state index is -0.191. The molecule has 0 amide bonds. The molecule has 0 radical (unpaired) electrons. The van der Waals surface area contributed by atoms with Crippen molar-refractivity contribution in [3.63, 3.8) is 0 Å². The van der Waals surface area contributed by atoms with Gasteiger partial charge >= 0.3 is 0 Å². The largest absolute Gasteiger partial charge is 0.384 e. The van der Waals surface area contributed by atoms with Crippen molar-refractivity contribution in [2.24, 2.45) is 0 Å². The quantitative estimate of drug-likeness (QED) is 0.686. The molecule has 0 saturated heterocycles. The van der Waals surface area contributed by atoms with Gasteiger partial charge in [0.15, 0.2) is 0 Å². The van der Waals surface area contributed by atoms with Gasteiger partial charge in [-0.15, -0.1) is 0 Å². The number of aromatic nitrogens is 2. The van der Waals surface area contributed by atoms with Gasteiger partial charge in [-0.25, -0.2) is 4.98 Å². The first-order valence-electron chi connectivity index (χ1n) is 4.50. The molecule has 2 heterocycles. The van der Waals surface area contributed by atoms with E-state index in [9.17, 15) is 4.79 Å². The first-order chi connectivity index (χ1) is 8.40. The van der Waals surface area contributed by atoms with E-state index in [1.807, 2.05) is 0 Å². The molecule has 2 aromatic rings. The monoisotopic (exact) mass is 413 g/mol. The fourth-order valence-corrected chi connectivity index (χ4v) is 1.62. The van der Waals surface area contributed by atoms with Crippen LogP contribution in [0.4, 0.5) is 5.82 Å². The Morgan fingerprint density at radius 3 is 2.22 bits per heavy atom. The molecule has 4 nitrogen and oxygen atoms in total. The zero-order valence-electron chi connectivity index (χ0n) is 8.75. The van der Waals surface area contributed by atoms with Gasteiger partial charge in [-0.05, 0) is 31.9 Å². The van der Waals surface area contributed by atoms with E-state index in [0.29, 0.717) is 20.3 Å². The molecule has 0 aliphatic rings. The normalized spacial score (nSPS) is 9.56. The van der Waals surface area contributed by atoms with E-state index in [2.05, 4.69) is 41.8 Å². The summed E-state index contributed by atoms with van der Waals surface area (Å²) in [5.74, 6) is 0.434. The van der Waals surface area contributed by atoms with Crippen LogP contribution in [0.5, 0.6) is 0 Å². The van der Waals surface area contributed by atoms with Crippen molar-refractivity contribution in [3.8, 4) is 0 Å². The summed E-state index contributed by atoms with van der Waals surface area (Å²) in [5.41, 5.74) is 5.12. The van der Waals surface area contributed by atoms with Crippen LogP contribution in [0, 0.1) is 0 Å². The molecule has 0 fully saturated rings. The number of halogens is 4. The summed E-state index contributed by atoms with van der Waals surface area (Å²) in [6.45, 7) is 0. The average molecular weight is 416 g/mol. The number of nitrogens with two attached hydrogens (primary N) is 1. The Labute approximate surface area is 130 Å². The summed E-state index contributed by atoms with van der Waals surface area (Å²) in [7, 11) is 0. The van der Waals surface area contributed by atoms with Crippen LogP contribution in [0.25, 0.3) is 0 Å². The molecule has 2 aromatic heterocycles. The summed E-state index contributed by atoms with van der Waals surface area (Å²) in [5, 5.41) is 1.02. The van der Waals surface area contributed by atoms with E-state index in [1.54, 1.807) is 12.3 Å². The highest BCUT2D eigenvalue weighted by Gasteiger charge is 1.95. The molecule has 0 unspecified atom stereocenters. The second-order valence-electron chi connectivity index (χ2n) is 3.02. The van der Waals surface area contributed by atoms with Gasteiger partial charge in [-0.2, -0.15) is 0 Å². The van der Waals surface area contributed by atoms with Crippen molar-refractivity contribution in [3.05, 3.63) is 53.9 Å². The Kier molecular flexibility index (Phi) is 6.14. The molecule has 0 aromatic carbocycles. The Morgan fingerprint density at radius 1 is 1.17 bits per heavy atom. The molecule has 0 aliphatic carbocycles. The van der Waals surface area contributed by atoms with Crippen molar-refractivity contribution in [2.75, 3.05) is 5.73 Å². The van der Waals surface area contributed by atoms with Crippen molar-refractivity contribution < 1.29 is 0 Å². The molecule has 0 bridgehead atoms. The number of nitrogen functional groups attached to an aromatic ring is 1. The predicted molar refractivity (Wildman–Crippen MR) is 81.1 cm³/mol. The van der Waals surface area contributed by atoms with Gasteiger partial charge in [0.25, 0.3) is 0 Å². The second-order valence-corrected chi connectivity index (χ2v) is 5.54. The van der Waals surface area contributed by atoms with Crippen LogP contribution in [-0.2, 0) is 0 Å². The number of nitrogens with zero attached hydrogens (tertiary/aromatic N) is 1. The molecule has 0 spiro atoms. The lowest BCUT2D eigenvalue weighted by Crippen LogP contribution is -2.01. The fourth-order valence-electron chi connectivity index (χ4n) is 0.858. The number of aromatic amines is 1. The summed E-state index contributed by atoms with van der Waals surface area (Å²) >= 11 is 17.5. The van der Waals surface area contributed by atoms with Crippen LogP contribution in [0.3, 0.4) is 0 Å². The smallest absolute Gasteiger partial charge is 0.249 e. The molecular weight excluding hydrogens is 409 g/mol. The number of anilines is 1. The van der Waals surface area contributed by atoms with E-state index in [1.165, 1.54) is 12.3 Å². The lowest BCUT2D eigenvalue weighted by molar-refractivity contribution is 1.22. The molecule has 3 N–H and O–H groups in total. The first-order valence-corrected chi connectivity index (χ1v) is 6.84. The van der Waals surface area contributed by atoms with E-state index in [-0.39, 0.29) is 5.56 Å². The highest BCUT2D eigenvalue weighted by Crippen LogP contribution is 2.21. The number of pyridine rings is 2. The van der Waals surface area contributed by atoms with Crippen LogP contribution < -0.4 is 11.3 Å². The van der Waals surface area contributed by atoms with Gasteiger partial charge in [0, 0.05) is 24.5 Å². The highest BCUT2D eigenvalue weighted by molar-refractivity contribution is 9.10. The maximum absolute atomic E-state index is 10.5. The first kappa shape index (κ1) is 15.5. The number of hydrogen-bond donors (Lipinski definition) is 2. The summed E-state index contributed by atoms with van der Waals surface area (Å²) < 4.78 is 1.46. The van der Waals surface area contributed by atoms with Gasteiger partial charge in [0.1, 0.15) is 5.82 Å². The van der Waals surface area contributed by atoms with Crippen LogP contribution in [0.1, 0.15) is 0 Å². The maximum atomic E-state index is 10.5. The van der Waals surface area contributed by atoms with Gasteiger partial charge < -0.3 is 10.7 Å². The molecule has 2 rings (SSSR count). The summed E-state index contributed by atoms with van der Waals surface area (Å²) in [6.07, 6.45) is 3.07. The Balaban J connectivity index is 0.000000180. The topological polar surface area (TPSA) is 71.8 Å². The molecule has 0 atom stereocenters. The lowest BCUT2D eigenvalue weighted by atomic mass is 10.5. The SMILES string of the molecule is Nc1cc(Cl)c(Br)cn1.O=c1cc(Cl)c(Br)c[nH]1. The van der Waals surface area contributed by atoms with Crippen molar-refractivity contribution in [1.29, 1.82) is 0 Å². The van der Waals surface area contributed by atoms with Gasteiger partial charge in [0.2, 0.25) is 5.56 Å². The third kappa shape index (κ3) is 4.97. The number of nitrogens with one attached hydrogen (secondary N) is 1. The molecule has 0 saturated carbocycles. The molecule has 8 heteroatoms. The second kappa shape index (κ2) is 7.13. The van der Waals surface area contributed by atoms with E-state index >= 15 is 0 Å². The predicted octanol–water partition coefficient (Wildman–Crippen LogP) is 3.87. The van der Waals surface area contributed by atoms with Crippen molar-refractivity contribution in [1.82, 2.24) is 9.97 Å². The fraction of sp³-hybridized carbons (Fsp3) is 0. The standard InChI is InChI=1S/C5H4BrClN2.C5H3BrClNO/c6-3-2-9-5(8)1-4(3)7;6-3-2-8-5(9)1-4(3)7/h1-2H,(H2,8,9);1-2H,(H,8,9). The Hall–Kier alpha value is -0.560. The average Bonchev–Trinajstić information content (AvgIpc) is 2.30. The minimum absolute atomic E-state index is 0.191. The third-order valence-corrected chi connectivity index (χ3v) is 4.03. The zero-order chi connectivity index (χ0) is 13.7. The molecular formula is C10H7Br2Cl2N3O. The highest BCUT2D eigenvalue weighted by atomic mass is 79.9. The minimum Gasteiger partial charge on any atom is -0.384 e. The zero-order valence-corrected chi connectivity index (χ0v) is 13.4. The lowest BCUT2D eigenvalue weighted by Gasteiger charge is -1.93. The summed E-state index contributed by atoms with van der Waals surface area (Å²) in [4.78, 5) is 16.7. The van der Waals surface area contributed by atoms with Crippen LogP contribution >= 0.6 is 55.1 Å². The van der Waals surface area contributed by atoms with Gasteiger partial charge in [-0.3, -0.25) is 4.79 Å². The maximum Gasteiger partial charge on any atom is 0.249 e. The van der Waals surface area contributed by atoms with Gasteiger partial charge in [-0.1, -0.05) is 23.2 Å². The summed E-state index contributed by atoms with van der Waals surface area (Å²) in [6, 6.07) is 2.90. The number of hydrogen-bond acceptors (Lipinski definition) is 3. The Bertz CT molecular complexity index is 604. The van der Waals surface area contributed by atoms with Crippen LogP contribution in [0.15, 0.2) is 38.3 Å². The van der Waals surface area contributed by atoms with Crippen LogP contribution in [-0.4, -0.2) is 9.97 Å². The van der Waals surface area contributed by atoms with E-state index in [0.717, 1.165) is 4.47 Å². The number of rotatable bonds is 0. The number of H-pyrrole nitrogens is 1. The molecule has 0 aliphatic heterocycles. The third-order valence-electron chi connectivity index (χ3n) is 1.66.